The first-order valence-corrected chi connectivity index (χ1v) is 9.70. The van der Waals surface area contributed by atoms with Gasteiger partial charge in [-0.25, -0.2) is 8.42 Å². The molecule has 0 aliphatic carbocycles. The van der Waals surface area contributed by atoms with E-state index in [2.05, 4.69) is 4.98 Å². The number of fused-ring (bicyclic) bond motifs is 3. The summed E-state index contributed by atoms with van der Waals surface area (Å²) >= 11 is 0. The lowest BCUT2D eigenvalue weighted by Gasteiger charge is -2.08. The van der Waals surface area contributed by atoms with Crippen LogP contribution >= 0.6 is 0 Å². The molecule has 0 bridgehead atoms. The summed E-state index contributed by atoms with van der Waals surface area (Å²) in [5.74, 6) is 1.13. The van der Waals surface area contributed by atoms with Crippen LogP contribution in [0.5, 0.6) is 11.5 Å². The van der Waals surface area contributed by atoms with Gasteiger partial charge in [0.25, 0.3) is 0 Å². The number of aromatic nitrogens is 1. The van der Waals surface area contributed by atoms with Gasteiger partial charge in [-0.3, -0.25) is 0 Å². The molecule has 0 radical (unpaired) electrons. The third-order valence-corrected chi connectivity index (χ3v) is 5.60. The Bertz CT molecular complexity index is 1090. The van der Waals surface area contributed by atoms with Crippen molar-refractivity contribution in [3.05, 3.63) is 42.0 Å². The first-order valence-electron chi connectivity index (χ1n) is 7.81. The highest BCUT2D eigenvalue weighted by Gasteiger charge is 2.24. The zero-order valence-corrected chi connectivity index (χ0v) is 14.7. The van der Waals surface area contributed by atoms with Crippen LogP contribution in [0.1, 0.15) is 11.6 Å². The summed E-state index contributed by atoms with van der Waals surface area (Å²) < 4.78 is 34.7. The van der Waals surface area contributed by atoms with Gasteiger partial charge in [0, 0.05) is 34.0 Å². The predicted molar refractivity (Wildman–Crippen MR) is 95.8 cm³/mol. The predicted octanol–water partition coefficient (Wildman–Crippen LogP) is 2.64. The van der Waals surface area contributed by atoms with E-state index in [0.29, 0.717) is 12.4 Å². The molecule has 0 spiro atoms. The topological polar surface area (TPSA) is 94.4 Å². The van der Waals surface area contributed by atoms with Crippen molar-refractivity contribution >= 4 is 20.7 Å². The van der Waals surface area contributed by atoms with Crippen molar-refractivity contribution in [2.45, 2.75) is 10.9 Å². The maximum atomic E-state index is 11.8. The molecule has 3 N–H and O–H groups in total. The van der Waals surface area contributed by atoms with Crippen LogP contribution in [-0.2, 0) is 9.84 Å². The monoisotopic (exact) mass is 358 g/mol. The van der Waals surface area contributed by atoms with E-state index >= 15 is 0 Å². The van der Waals surface area contributed by atoms with Crippen molar-refractivity contribution in [1.29, 1.82) is 0 Å². The number of nitrogens with two attached hydrogens (primary N) is 1. The van der Waals surface area contributed by atoms with Crippen molar-refractivity contribution in [3.8, 4) is 22.8 Å². The van der Waals surface area contributed by atoms with E-state index in [1.165, 1.54) is 7.11 Å². The molecule has 1 unspecified atom stereocenters. The zero-order chi connectivity index (χ0) is 17.8. The van der Waals surface area contributed by atoms with Gasteiger partial charge >= 0.3 is 0 Å². The summed E-state index contributed by atoms with van der Waals surface area (Å²) in [4.78, 5) is 3.51. The van der Waals surface area contributed by atoms with Gasteiger partial charge in [0.2, 0.25) is 0 Å². The Hall–Kier alpha value is -2.51. The molecule has 1 aliphatic heterocycles. The molecule has 1 aliphatic rings. The van der Waals surface area contributed by atoms with E-state index in [1.54, 1.807) is 18.2 Å². The van der Waals surface area contributed by atoms with Gasteiger partial charge in [-0.1, -0.05) is 12.1 Å². The Morgan fingerprint density at radius 1 is 1.24 bits per heavy atom. The molecule has 1 aromatic heterocycles. The van der Waals surface area contributed by atoms with Gasteiger partial charge in [-0.05, 0) is 24.3 Å². The van der Waals surface area contributed by atoms with Gasteiger partial charge < -0.3 is 20.2 Å². The van der Waals surface area contributed by atoms with Gasteiger partial charge in [-0.15, -0.1) is 0 Å². The number of hydrogen-bond donors (Lipinski definition) is 2. The van der Waals surface area contributed by atoms with Crippen LogP contribution in [-0.4, -0.2) is 33.4 Å². The third-order valence-electron chi connectivity index (χ3n) is 4.47. The molecule has 0 saturated heterocycles. The number of rotatable bonds is 3. The number of H-pyrrole nitrogens is 1. The number of nitrogens with one attached hydrogen (secondary N) is 1. The Morgan fingerprint density at radius 3 is 2.76 bits per heavy atom. The molecule has 6 nitrogen and oxygen atoms in total. The quantitative estimate of drug-likeness (QED) is 0.750. The molecule has 0 saturated carbocycles. The van der Waals surface area contributed by atoms with E-state index in [0.717, 1.165) is 39.7 Å². The SMILES string of the molecule is COc1cc(-c2cc3c4c(ccc3[nH]2)C(N)CO4)ccc1S(C)(=O)=O. The van der Waals surface area contributed by atoms with E-state index in [4.69, 9.17) is 15.2 Å². The van der Waals surface area contributed by atoms with Crippen molar-refractivity contribution < 1.29 is 17.9 Å². The molecular weight excluding hydrogens is 340 g/mol. The highest BCUT2D eigenvalue weighted by molar-refractivity contribution is 7.90. The summed E-state index contributed by atoms with van der Waals surface area (Å²) in [7, 11) is -1.89. The average Bonchev–Trinajstić information content (AvgIpc) is 3.17. The minimum absolute atomic E-state index is 0.105. The number of methoxy groups -OCH3 is 1. The van der Waals surface area contributed by atoms with E-state index < -0.39 is 9.84 Å². The fourth-order valence-electron chi connectivity index (χ4n) is 3.21. The standard InChI is InChI=1S/C18H18N2O4S/c1-23-16-7-10(3-6-17(16)25(2,21)22)15-8-12-14(20-15)5-4-11-13(19)9-24-18(11)12/h3-8,13,20H,9,19H2,1-2H3. The summed E-state index contributed by atoms with van der Waals surface area (Å²) in [5, 5.41) is 0.964. The zero-order valence-electron chi connectivity index (χ0n) is 13.9. The Labute approximate surface area is 145 Å². The highest BCUT2D eigenvalue weighted by atomic mass is 32.2. The van der Waals surface area contributed by atoms with Crippen LogP contribution in [0.2, 0.25) is 0 Å². The highest BCUT2D eigenvalue weighted by Crippen LogP contribution is 2.40. The van der Waals surface area contributed by atoms with Crippen molar-refractivity contribution in [2.24, 2.45) is 5.73 Å². The fraction of sp³-hybridized carbons (Fsp3) is 0.222. The second kappa shape index (κ2) is 5.50. The smallest absolute Gasteiger partial charge is 0.179 e. The third kappa shape index (κ3) is 2.56. The Morgan fingerprint density at radius 2 is 2.04 bits per heavy atom. The van der Waals surface area contributed by atoms with Crippen LogP contribution in [0.25, 0.3) is 22.2 Å². The Balaban J connectivity index is 1.85. The van der Waals surface area contributed by atoms with Crippen LogP contribution in [0.3, 0.4) is 0 Å². The molecule has 3 aromatic rings. The first-order chi connectivity index (χ1) is 11.9. The van der Waals surface area contributed by atoms with Crippen molar-refractivity contribution in [1.82, 2.24) is 4.98 Å². The molecule has 2 heterocycles. The lowest BCUT2D eigenvalue weighted by Crippen LogP contribution is -2.10. The minimum Gasteiger partial charge on any atom is -0.495 e. The summed E-state index contributed by atoms with van der Waals surface area (Å²) in [6.07, 6.45) is 1.16. The van der Waals surface area contributed by atoms with E-state index in [1.807, 2.05) is 18.2 Å². The normalized spacial score (nSPS) is 16.7. The number of aromatic amines is 1. The molecule has 0 fully saturated rings. The Kier molecular flexibility index (Phi) is 3.52. The van der Waals surface area contributed by atoms with Gasteiger partial charge in [0.05, 0.1) is 13.2 Å². The van der Waals surface area contributed by atoms with Crippen LogP contribution in [0.4, 0.5) is 0 Å². The molecular formula is C18H18N2O4S. The van der Waals surface area contributed by atoms with Crippen LogP contribution in [0.15, 0.2) is 41.3 Å². The second-order valence-corrected chi connectivity index (χ2v) is 8.17. The minimum atomic E-state index is -3.35. The lowest BCUT2D eigenvalue weighted by molar-refractivity contribution is 0.336. The van der Waals surface area contributed by atoms with E-state index in [-0.39, 0.29) is 10.9 Å². The van der Waals surface area contributed by atoms with Crippen molar-refractivity contribution in [3.63, 3.8) is 0 Å². The van der Waals surface area contributed by atoms with Gasteiger partial charge in [0.15, 0.2) is 9.84 Å². The largest absolute Gasteiger partial charge is 0.495 e. The number of benzene rings is 2. The number of ether oxygens (including phenoxy) is 2. The number of sulfone groups is 1. The van der Waals surface area contributed by atoms with Gasteiger partial charge in [0.1, 0.15) is 23.0 Å². The average molecular weight is 358 g/mol. The molecule has 2 aromatic carbocycles. The molecule has 4 rings (SSSR count). The molecule has 130 valence electrons. The van der Waals surface area contributed by atoms with Crippen LogP contribution in [0, 0.1) is 0 Å². The molecule has 25 heavy (non-hydrogen) atoms. The molecule has 7 heteroatoms. The maximum Gasteiger partial charge on any atom is 0.179 e. The molecule has 0 amide bonds. The fourth-order valence-corrected chi connectivity index (χ4v) is 4.03. The second-order valence-electron chi connectivity index (χ2n) is 6.18. The first kappa shape index (κ1) is 16.0. The van der Waals surface area contributed by atoms with Crippen molar-refractivity contribution in [2.75, 3.05) is 20.0 Å². The number of hydrogen-bond acceptors (Lipinski definition) is 5. The summed E-state index contributed by atoms with van der Waals surface area (Å²) in [5.41, 5.74) is 9.67. The summed E-state index contributed by atoms with van der Waals surface area (Å²) in [6.45, 7) is 0.478. The van der Waals surface area contributed by atoms with E-state index in [9.17, 15) is 8.42 Å². The maximum absolute atomic E-state index is 11.8. The summed E-state index contributed by atoms with van der Waals surface area (Å²) in [6, 6.07) is 10.9. The van der Waals surface area contributed by atoms with Crippen LogP contribution < -0.4 is 15.2 Å². The lowest BCUT2D eigenvalue weighted by atomic mass is 10.1. The van der Waals surface area contributed by atoms with Gasteiger partial charge in [-0.2, -0.15) is 0 Å². The molecule has 1 atom stereocenters.